The summed E-state index contributed by atoms with van der Waals surface area (Å²) in [6.07, 6.45) is 1.58. The minimum absolute atomic E-state index is 0. The molecule has 0 aliphatic carbocycles. The van der Waals surface area contributed by atoms with Crippen LogP contribution in [0.25, 0.3) is 0 Å². The molecular formula is C15H25ClN2O3. The van der Waals surface area contributed by atoms with Gasteiger partial charge in [0.1, 0.15) is 0 Å². The molecule has 1 aromatic carbocycles. The van der Waals surface area contributed by atoms with Crippen molar-refractivity contribution in [1.29, 1.82) is 0 Å². The van der Waals surface area contributed by atoms with Gasteiger partial charge in [-0.25, -0.2) is 0 Å². The number of halogens is 1. The van der Waals surface area contributed by atoms with Gasteiger partial charge < -0.3 is 20.5 Å². The molecule has 0 aromatic heterocycles. The summed E-state index contributed by atoms with van der Waals surface area (Å²) in [6.45, 7) is 4.39. The lowest BCUT2D eigenvalue weighted by Gasteiger charge is -2.31. The largest absolute Gasteiger partial charge is 0.493 e. The molecule has 1 amide bonds. The van der Waals surface area contributed by atoms with Crippen molar-refractivity contribution in [3.63, 3.8) is 0 Å². The van der Waals surface area contributed by atoms with Crippen LogP contribution in [0.15, 0.2) is 24.3 Å². The molecule has 5 nitrogen and oxygen atoms in total. The Labute approximate surface area is 132 Å². The molecule has 3 N–H and O–H groups in total. The van der Waals surface area contributed by atoms with Crippen LogP contribution >= 0.6 is 12.4 Å². The van der Waals surface area contributed by atoms with Gasteiger partial charge >= 0.3 is 0 Å². The molecule has 0 atom stereocenters. The number of hydrogen-bond acceptors (Lipinski definition) is 4. The van der Waals surface area contributed by atoms with Crippen molar-refractivity contribution in [3.05, 3.63) is 24.3 Å². The van der Waals surface area contributed by atoms with E-state index < -0.39 is 0 Å². The minimum atomic E-state index is -0.346. The zero-order valence-electron chi connectivity index (χ0n) is 12.8. The lowest BCUT2D eigenvalue weighted by atomic mass is 9.93. The first-order chi connectivity index (χ1) is 9.60. The summed E-state index contributed by atoms with van der Waals surface area (Å²) in [5.74, 6) is 0.984. The van der Waals surface area contributed by atoms with Crippen molar-refractivity contribution in [2.24, 2.45) is 5.73 Å². The molecule has 1 rings (SSSR count). The van der Waals surface area contributed by atoms with Gasteiger partial charge in [0.05, 0.1) is 12.6 Å². The van der Waals surface area contributed by atoms with Gasteiger partial charge in [0, 0.05) is 6.54 Å². The van der Waals surface area contributed by atoms with E-state index in [0.29, 0.717) is 18.0 Å². The van der Waals surface area contributed by atoms with Crippen LogP contribution < -0.4 is 20.5 Å². The second-order valence-corrected chi connectivity index (χ2v) is 4.68. The van der Waals surface area contributed by atoms with Gasteiger partial charge in [0.15, 0.2) is 18.1 Å². The first-order valence-electron chi connectivity index (χ1n) is 6.87. The molecular weight excluding hydrogens is 292 g/mol. The predicted octanol–water partition coefficient (Wildman–Crippen LogP) is 2.13. The summed E-state index contributed by atoms with van der Waals surface area (Å²) in [5, 5.41) is 2.96. The maximum absolute atomic E-state index is 12.0. The SMILES string of the molecule is CCC(CC)(CN)NC(=O)COc1ccccc1OC.Cl. The average Bonchev–Trinajstić information content (AvgIpc) is 2.51. The third-order valence-electron chi connectivity index (χ3n) is 3.58. The van der Waals surface area contributed by atoms with Gasteiger partial charge in [0.25, 0.3) is 5.91 Å². The molecule has 6 heteroatoms. The van der Waals surface area contributed by atoms with Crippen LogP contribution in [-0.2, 0) is 4.79 Å². The molecule has 0 unspecified atom stereocenters. The van der Waals surface area contributed by atoms with E-state index in [9.17, 15) is 4.79 Å². The number of nitrogens with one attached hydrogen (secondary N) is 1. The fourth-order valence-corrected chi connectivity index (χ4v) is 1.98. The highest BCUT2D eigenvalue weighted by Crippen LogP contribution is 2.25. The number of rotatable bonds is 8. The highest BCUT2D eigenvalue weighted by molar-refractivity contribution is 5.85. The molecule has 0 saturated heterocycles. The average molecular weight is 317 g/mol. The Morgan fingerprint density at radius 2 is 1.81 bits per heavy atom. The Balaban J connectivity index is 0.00000400. The van der Waals surface area contributed by atoms with Crippen molar-refractivity contribution in [3.8, 4) is 11.5 Å². The fourth-order valence-electron chi connectivity index (χ4n) is 1.98. The van der Waals surface area contributed by atoms with Crippen molar-refractivity contribution in [2.75, 3.05) is 20.3 Å². The topological polar surface area (TPSA) is 73.6 Å². The summed E-state index contributed by atoms with van der Waals surface area (Å²) in [7, 11) is 1.57. The number of carbonyl (C=O) groups is 1. The Morgan fingerprint density at radius 3 is 2.29 bits per heavy atom. The van der Waals surface area contributed by atoms with E-state index in [-0.39, 0.29) is 30.5 Å². The number of nitrogens with two attached hydrogens (primary N) is 1. The Kier molecular flexibility index (Phi) is 8.81. The van der Waals surface area contributed by atoms with Gasteiger partial charge in [-0.2, -0.15) is 0 Å². The first kappa shape index (κ1) is 19.5. The van der Waals surface area contributed by atoms with Crippen LogP contribution in [0, 0.1) is 0 Å². The van der Waals surface area contributed by atoms with Crippen molar-refractivity contribution >= 4 is 18.3 Å². The third-order valence-corrected chi connectivity index (χ3v) is 3.58. The van der Waals surface area contributed by atoms with Gasteiger partial charge in [-0.1, -0.05) is 26.0 Å². The van der Waals surface area contributed by atoms with Crippen molar-refractivity contribution < 1.29 is 14.3 Å². The minimum Gasteiger partial charge on any atom is -0.493 e. The van der Waals surface area contributed by atoms with Crippen LogP contribution in [0.4, 0.5) is 0 Å². The quantitative estimate of drug-likeness (QED) is 0.770. The zero-order chi connectivity index (χ0) is 15.0. The van der Waals surface area contributed by atoms with Crippen molar-refractivity contribution in [1.82, 2.24) is 5.32 Å². The van der Waals surface area contributed by atoms with Crippen LogP contribution in [0.5, 0.6) is 11.5 Å². The summed E-state index contributed by atoms with van der Waals surface area (Å²) in [4.78, 5) is 12.0. The third kappa shape index (κ3) is 5.44. The Bertz CT molecular complexity index is 428. The summed E-state index contributed by atoms with van der Waals surface area (Å²) in [5.41, 5.74) is 5.41. The molecule has 0 radical (unpaired) electrons. The van der Waals surface area contributed by atoms with Gasteiger partial charge in [-0.05, 0) is 25.0 Å². The summed E-state index contributed by atoms with van der Waals surface area (Å²) < 4.78 is 10.7. The highest BCUT2D eigenvalue weighted by atomic mass is 35.5. The summed E-state index contributed by atoms with van der Waals surface area (Å²) >= 11 is 0. The molecule has 0 aliphatic heterocycles. The van der Waals surface area contributed by atoms with Crippen LogP contribution in [0.1, 0.15) is 26.7 Å². The molecule has 0 fully saturated rings. The normalized spacial score (nSPS) is 10.5. The lowest BCUT2D eigenvalue weighted by Crippen LogP contribution is -2.54. The molecule has 120 valence electrons. The second kappa shape index (κ2) is 9.47. The maximum atomic E-state index is 12.0. The maximum Gasteiger partial charge on any atom is 0.258 e. The van der Waals surface area contributed by atoms with Gasteiger partial charge in [0.2, 0.25) is 0 Å². The highest BCUT2D eigenvalue weighted by Gasteiger charge is 2.26. The molecule has 1 aromatic rings. The molecule has 0 heterocycles. The Hall–Kier alpha value is -1.46. The first-order valence-corrected chi connectivity index (χ1v) is 6.87. The number of para-hydroxylation sites is 2. The molecule has 0 spiro atoms. The van der Waals surface area contributed by atoms with Crippen LogP contribution in [0.3, 0.4) is 0 Å². The number of hydrogen-bond donors (Lipinski definition) is 2. The van der Waals surface area contributed by atoms with E-state index in [2.05, 4.69) is 5.32 Å². The number of carbonyl (C=O) groups excluding carboxylic acids is 1. The zero-order valence-corrected chi connectivity index (χ0v) is 13.7. The van der Waals surface area contributed by atoms with E-state index in [0.717, 1.165) is 12.8 Å². The number of benzene rings is 1. The van der Waals surface area contributed by atoms with Crippen LogP contribution in [-0.4, -0.2) is 31.7 Å². The molecule has 0 saturated carbocycles. The number of ether oxygens (including phenoxy) is 2. The Morgan fingerprint density at radius 1 is 1.24 bits per heavy atom. The van der Waals surface area contributed by atoms with Crippen molar-refractivity contribution in [2.45, 2.75) is 32.2 Å². The number of methoxy groups -OCH3 is 1. The van der Waals surface area contributed by atoms with E-state index in [1.807, 2.05) is 26.0 Å². The second-order valence-electron chi connectivity index (χ2n) is 4.68. The molecule has 0 bridgehead atoms. The standard InChI is InChI=1S/C15H24N2O3.ClH/c1-4-15(5-2,11-16)17-14(18)10-20-13-9-7-6-8-12(13)19-3;/h6-9H,4-5,10-11,16H2,1-3H3,(H,17,18);1H. The smallest absolute Gasteiger partial charge is 0.258 e. The van der Waals surface area contributed by atoms with E-state index in [4.69, 9.17) is 15.2 Å². The van der Waals surface area contributed by atoms with Gasteiger partial charge in [-0.3, -0.25) is 4.79 Å². The monoisotopic (exact) mass is 316 g/mol. The number of amides is 1. The van der Waals surface area contributed by atoms with E-state index in [1.54, 1.807) is 19.2 Å². The van der Waals surface area contributed by atoms with E-state index in [1.165, 1.54) is 0 Å². The molecule has 0 aliphatic rings. The van der Waals surface area contributed by atoms with Crippen LogP contribution in [0.2, 0.25) is 0 Å². The predicted molar refractivity (Wildman–Crippen MR) is 86.2 cm³/mol. The van der Waals surface area contributed by atoms with E-state index >= 15 is 0 Å². The fraction of sp³-hybridized carbons (Fsp3) is 0.533. The summed E-state index contributed by atoms with van der Waals surface area (Å²) in [6, 6.07) is 7.23. The lowest BCUT2D eigenvalue weighted by molar-refractivity contribution is -0.125. The molecule has 21 heavy (non-hydrogen) atoms. The van der Waals surface area contributed by atoms with Gasteiger partial charge in [-0.15, -0.1) is 12.4 Å².